The van der Waals surface area contributed by atoms with Crippen molar-refractivity contribution in [3.05, 3.63) is 60.2 Å². The van der Waals surface area contributed by atoms with E-state index in [0.717, 1.165) is 28.3 Å². The number of hydrogen-bond acceptors (Lipinski definition) is 4. The fourth-order valence-electron chi connectivity index (χ4n) is 2.35. The maximum atomic E-state index is 11.9. The van der Waals surface area contributed by atoms with Crippen molar-refractivity contribution in [3.8, 4) is 0 Å². The molecule has 3 rings (SSSR count). The Morgan fingerprint density at radius 3 is 2.75 bits per heavy atom. The van der Waals surface area contributed by atoms with Crippen molar-refractivity contribution >= 4 is 34.9 Å². The van der Waals surface area contributed by atoms with E-state index in [1.807, 2.05) is 54.6 Å². The number of aryl methyl sites for hydroxylation is 1. The van der Waals surface area contributed by atoms with Crippen LogP contribution in [0.2, 0.25) is 0 Å². The van der Waals surface area contributed by atoms with Crippen LogP contribution >= 0.6 is 11.8 Å². The smallest absolute Gasteiger partial charge is 0.250 e. The SMILES string of the molecule is CCn1c(SCC(=O)NN=Cc2ccccc2)nc2ccccc21. The predicted molar refractivity (Wildman–Crippen MR) is 98.3 cm³/mol. The van der Waals surface area contributed by atoms with Gasteiger partial charge in [0.2, 0.25) is 0 Å². The molecule has 1 aromatic heterocycles. The monoisotopic (exact) mass is 338 g/mol. The van der Waals surface area contributed by atoms with Gasteiger partial charge in [-0.15, -0.1) is 0 Å². The molecule has 6 heteroatoms. The first-order chi connectivity index (χ1) is 11.8. The summed E-state index contributed by atoms with van der Waals surface area (Å²) in [6, 6.07) is 17.6. The van der Waals surface area contributed by atoms with Gasteiger partial charge in [0.15, 0.2) is 5.16 Å². The summed E-state index contributed by atoms with van der Waals surface area (Å²) in [5.74, 6) is 0.122. The third-order valence-electron chi connectivity index (χ3n) is 3.47. The summed E-state index contributed by atoms with van der Waals surface area (Å²) in [6.45, 7) is 2.89. The van der Waals surface area contributed by atoms with Crippen LogP contribution in [-0.4, -0.2) is 27.4 Å². The zero-order valence-corrected chi connectivity index (χ0v) is 14.2. The van der Waals surface area contributed by atoms with E-state index in [2.05, 4.69) is 27.0 Å². The van der Waals surface area contributed by atoms with Gasteiger partial charge in [-0.2, -0.15) is 5.10 Å². The zero-order valence-electron chi connectivity index (χ0n) is 13.3. The number of thioether (sulfide) groups is 1. The quantitative estimate of drug-likeness (QED) is 0.426. The van der Waals surface area contributed by atoms with E-state index in [0.29, 0.717) is 0 Å². The first kappa shape index (κ1) is 16.3. The average molecular weight is 338 g/mol. The average Bonchev–Trinajstić information content (AvgIpc) is 2.98. The molecule has 0 aliphatic carbocycles. The molecule has 0 aliphatic rings. The Morgan fingerprint density at radius 1 is 1.21 bits per heavy atom. The molecule has 2 aromatic carbocycles. The lowest BCUT2D eigenvalue weighted by atomic mass is 10.2. The standard InChI is InChI=1S/C18H18N4OS/c1-2-22-16-11-7-6-10-15(16)20-18(22)24-13-17(23)21-19-12-14-8-4-3-5-9-14/h3-12H,2,13H2,1H3,(H,21,23). The minimum atomic E-state index is -0.151. The number of imidazole rings is 1. The van der Waals surface area contributed by atoms with Crippen LogP contribution in [0.4, 0.5) is 0 Å². The van der Waals surface area contributed by atoms with Gasteiger partial charge in [0.1, 0.15) is 0 Å². The van der Waals surface area contributed by atoms with E-state index in [1.54, 1.807) is 6.21 Å². The van der Waals surface area contributed by atoms with E-state index in [1.165, 1.54) is 11.8 Å². The number of amides is 1. The Hall–Kier alpha value is -2.60. The molecule has 0 fully saturated rings. The molecule has 0 atom stereocenters. The minimum absolute atomic E-state index is 0.151. The van der Waals surface area contributed by atoms with Gasteiger partial charge in [0, 0.05) is 6.54 Å². The first-order valence-corrected chi connectivity index (χ1v) is 8.71. The van der Waals surface area contributed by atoms with Crippen LogP contribution in [0.1, 0.15) is 12.5 Å². The Kier molecular flexibility index (Phi) is 5.28. The van der Waals surface area contributed by atoms with Crippen LogP contribution in [0.5, 0.6) is 0 Å². The van der Waals surface area contributed by atoms with E-state index in [-0.39, 0.29) is 11.7 Å². The fraction of sp³-hybridized carbons (Fsp3) is 0.167. The van der Waals surface area contributed by atoms with Crippen molar-refractivity contribution in [1.29, 1.82) is 0 Å². The van der Waals surface area contributed by atoms with Gasteiger partial charge < -0.3 is 4.57 Å². The van der Waals surface area contributed by atoms with Crippen LogP contribution in [0, 0.1) is 0 Å². The molecule has 0 saturated carbocycles. The summed E-state index contributed by atoms with van der Waals surface area (Å²) in [6.07, 6.45) is 1.63. The highest BCUT2D eigenvalue weighted by atomic mass is 32.2. The normalized spacial score (nSPS) is 11.2. The number of hydrogen-bond donors (Lipinski definition) is 1. The number of carbonyl (C=O) groups excluding carboxylic acids is 1. The highest BCUT2D eigenvalue weighted by molar-refractivity contribution is 7.99. The number of hydrazone groups is 1. The predicted octanol–water partition coefficient (Wildman–Crippen LogP) is 3.30. The van der Waals surface area contributed by atoms with Crippen molar-refractivity contribution in [3.63, 3.8) is 0 Å². The molecule has 1 heterocycles. The van der Waals surface area contributed by atoms with E-state index in [4.69, 9.17) is 0 Å². The zero-order chi connectivity index (χ0) is 16.8. The minimum Gasteiger partial charge on any atom is -0.319 e. The van der Waals surface area contributed by atoms with Gasteiger partial charge in [-0.05, 0) is 24.6 Å². The second-order valence-electron chi connectivity index (χ2n) is 5.12. The molecule has 0 radical (unpaired) electrons. The van der Waals surface area contributed by atoms with Gasteiger partial charge in [0.05, 0.1) is 23.0 Å². The Bertz CT molecular complexity index is 858. The molecule has 0 bridgehead atoms. The van der Waals surface area contributed by atoms with Crippen molar-refractivity contribution in [2.45, 2.75) is 18.6 Å². The van der Waals surface area contributed by atoms with Gasteiger partial charge in [-0.25, -0.2) is 10.4 Å². The Morgan fingerprint density at radius 2 is 1.96 bits per heavy atom. The lowest BCUT2D eigenvalue weighted by Gasteiger charge is -2.04. The van der Waals surface area contributed by atoms with Gasteiger partial charge in [0.25, 0.3) is 5.91 Å². The lowest BCUT2D eigenvalue weighted by molar-refractivity contribution is -0.118. The fourth-order valence-corrected chi connectivity index (χ4v) is 3.22. The van der Waals surface area contributed by atoms with E-state index < -0.39 is 0 Å². The molecule has 1 N–H and O–H groups in total. The maximum absolute atomic E-state index is 11.9. The summed E-state index contributed by atoms with van der Waals surface area (Å²) in [5, 5.41) is 4.82. The van der Waals surface area contributed by atoms with Crippen LogP contribution in [0.15, 0.2) is 64.9 Å². The van der Waals surface area contributed by atoms with E-state index in [9.17, 15) is 4.79 Å². The lowest BCUT2D eigenvalue weighted by Crippen LogP contribution is -2.20. The summed E-state index contributed by atoms with van der Waals surface area (Å²) in [7, 11) is 0. The van der Waals surface area contributed by atoms with Crippen molar-refractivity contribution in [1.82, 2.24) is 15.0 Å². The highest BCUT2D eigenvalue weighted by Crippen LogP contribution is 2.23. The number of para-hydroxylation sites is 2. The molecule has 24 heavy (non-hydrogen) atoms. The number of aromatic nitrogens is 2. The third kappa shape index (κ3) is 3.83. The van der Waals surface area contributed by atoms with Crippen LogP contribution in [0.3, 0.4) is 0 Å². The van der Waals surface area contributed by atoms with Crippen LogP contribution in [-0.2, 0) is 11.3 Å². The van der Waals surface area contributed by atoms with Crippen molar-refractivity contribution < 1.29 is 4.79 Å². The molecule has 0 spiro atoms. The number of nitrogens with one attached hydrogen (secondary N) is 1. The van der Waals surface area contributed by atoms with E-state index >= 15 is 0 Å². The van der Waals surface area contributed by atoms with Crippen LogP contribution < -0.4 is 5.43 Å². The summed E-state index contributed by atoms with van der Waals surface area (Å²) in [4.78, 5) is 16.5. The summed E-state index contributed by atoms with van der Waals surface area (Å²) in [5.41, 5.74) is 5.52. The maximum Gasteiger partial charge on any atom is 0.250 e. The number of benzene rings is 2. The summed E-state index contributed by atoms with van der Waals surface area (Å²) < 4.78 is 2.11. The Balaban J connectivity index is 1.59. The highest BCUT2D eigenvalue weighted by Gasteiger charge is 2.11. The first-order valence-electron chi connectivity index (χ1n) is 7.73. The molecule has 3 aromatic rings. The van der Waals surface area contributed by atoms with Crippen LogP contribution in [0.25, 0.3) is 11.0 Å². The van der Waals surface area contributed by atoms with Crippen molar-refractivity contribution in [2.75, 3.05) is 5.75 Å². The topological polar surface area (TPSA) is 59.3 Å². The van der Waals surface area contributed by atoms with Gasteiger partial charge in [-0.3, -0.25) is 4.79 Å². The second kappa shape index (κ2) is 7.79. The third-order valence-corrected chi connectivity index (χ3v) is 4.45. The molecule has 5 nitrogen and oxygen atoms in total. The molecule has 1 amide bonds. The second-order valence-corrected chi connectivity index (χ2v) is 6.06. The molecule has 0 saturated heterocycles. The molecular weight excluding hydrogens is 320 g/mol. The number of nitrogens with zero attached hydrogens (tertiary/aromatic N) is 3. The van der Waals surface area contributed by atoms with Crippen molar-refractivity contribution in [2.24, 2.45) is 5.10 Å². The number of rotatable bonds is 6. The molecule has 0 unspecified atom stereocenters. The van der Waals surface area contributed by atoms with Gasteiger partial charge in [-0.1, -0.05) is 54.2 Å². The Labute approximate surface area is 144 Å². The molecule has 122 valence electrons. The largest absolute Gasteiger partial charge is 0.319 e. The number of fused-ring (bicyclic) bond motifs is 1. The summed E-state index contributed by atoms with van der Waals surface area (Å²) >= 11 is 1.42. The molecular formula is C18H18N4OS. The van der Waals surface area contributed by atoms with Gasteiger partial charge >= 0.3 is 0 Å². The molecule has 0 aliphatic heterocycles. The number of carbonyl (C=O) groups is 1.